The second-order valence-electron chi connectivity index (χ2n) is 3.28. The van der Waals surface area contributed by atoms with Crippen molar-refractivity contribution in [2.45, 2.75) is 0 Å². The molecule has 0 aliphatic carbocycles. The van der Waals surface area contributed by atoms with Gasteiger partial charge < -0.3 is 0 Å². The predicted molar refractivity (Wildman–Crippen MR) is 69.1 cm³/mol. The summed E-state index contributed by atoms with van der Waals surface area (Å²) in [5, 5.41) is 0.691. The van der Waals surface area contributed by atoms with Crippen LogP contribution < -0.4 is 0 Å². The molecule has 0 bridgehead atoms. The van der Waals surface area contributed by atoms with E-state index < -0.39 is 0 Å². The summed E-state index contributed by atoms with van der Waals surface area (Å²) in [7, 11) is 0. The number of ketones is 1. The van der Waals surface area contributed by atoms with Gasteiger partial charge in [0.1, 0.15) is 10.3 Å². The normalized spacial score (nSPS) is 10.3. The van der Waals surface area contributed by atoms with E-state index in [-0.39, 0.29) is 21.7 Å². The summed E-state index contributed by atoms with van der Waals surface area (Å²) >= 11 is 17.5. The Kier molecular flexibility index (Phi) is 3.67. The molecule has 17 heavy (non-hydrogen) atoms. The molecule has 0 amide bonds. The molecule has 2 rings (SSSR count). The van der Waals surface area contributed by atoms with Crippen LogP contribution in [0.5, 0.6) is 0 Å². The topological polar surface area (TPSA) is 30.0 Å². The van der Waals surface area contributed by atoms with Crippen molar-refractivity contribution in [3.05, 3.63) is 62.9 Å². The molecule has 0 fully saturated rings. The van der Waals surface area contributed by atoms with Gasteiger partial charge in [-0.05, 0) is 24.3 Å². The van der Waals surface area contributed by atoms with Gasteiger partial charge in [-0.2, -0.15) is 0 Å². The molecule has 0 aliphatic rings. The minimum absolute atomic E-state index is 0.0717. The number of hydrogen-bond acceptors (Lipinski definition) is 2. The molecule has 0 radical (unpaired) electrons. The summed E-state index contributed by atoms with van der Waals surface area (Å²) in [5.41, 5.74) is 0.671. The number of pyridine rings is 1. The van der Waals surface area contributed by atoms with Gasteiger partial charge in [0.15, 0.2) is 5.78 Å². The molecule has 0 spiro atoms. The number of benzene rings is 1. The van der Waals surface area contributed by atoms with Gasteiger partial charge >= 0.3 is 0 Å². The minimum Gasteiger partial charge on any atom is -0.288 e. The number of aromatic nitrogens is 1. The van der Waals surface area contributed by atoms with Crippen molar-refractivity contribution < 1.29 is 4.79 Å². The summed E-state index contributed by atoms with van der Waals surface area (Å²) < 4.78 is 0. The van der Waals surface area contributed by atoms with Gasteiger partial charge in [0.25, 0.3) is 0 Å². The Hall–Kier alpha value is -1.09. The molecule has 0 atom stereocenters. The predicted octanol–water partition coefficient (Wildman–Crippen LogP) is 4.27. The smallest absolute Gasteiger partial charge is 0.197 e. The van der Waals surface area contributed by atoms with E-state index in [0.29, 0.717) is 10.6 Å². The molecule has 1 aromatic heterocycles. The maximum Gasteiger partial charge on any atom is 0.197 e. The molecule has 0 saturated heterocycles. The lowest BCUT2D eigenvalue weighted by Crippen LogP contribution is -2.03. The van der Waals surface area contributed by atoms with Crippen LogP contribution in [-0.2, 0) is 0 Å². The molecular formula is C12H6Cl3NO. The van der Waals surface area contributed by atoms with Gasteiger partial charge in [-0.15, -0.1) is 0 Å². The van der Waals surface area contributed by atoms with Crippen molar-refractivity contribution in [3.8, 4) is 0 Å². The summed E-state index contributed by atoms with van der Waals surface area (Å²) in [4.78, 5) is 16.0. The van der Waals surface area contributed by atoms with E-state index in [1.54, 1.807) is 24.3 Å². The highest BCUT2D eigenvalue weighted by molar-refractivity contribution is 6.38. The Morgan fingerprint density at radius 1 is 0.941 bits per heavy atom. The SMILES string of the molecule is O=C(c1ccccc1Cl)c1ccc(Cl)nc1Cl. The Bertz CT molecular complexity index is 584. The lowest BCUT2D eigenvalue weighted by atomic mass is 10.1. The number of carbonyl (C=O) groups is 1. The third kappa shape index (κ3) is 2.60. The van der Waals surface area contributed by atoms with Gasteiger partial charge in [0.2, 0.25) is 0 Å². The van der Waals surface area contributed by atoms with Crippen LogP contribution in [0.25, 0.3) is 0 Å². The van der Waals surface area contributed by atoms with Crippen LogP contribution in [0, 0.1) is 0 Å². The fraction of sp³-hybridized carbons (Fsp3) is 0. The fourth-order valence-electron chi connectivity index (χ4n) is 1.37. The van der Waals surface area contributed by atoms with Gasteiger partial charge in [0.05, 0.1) is 10.6 Å². The van der Waals surface area contributed by atoms with Crippen LogP contribution in [0.4, 0.5) is 0 Å². The largest absolute Gasteiger partial charge is 0.288 e. The average Bonchev–Trinajstić information content (AvgIpc) is 2.29. The Labute approximate surface area is 113 Å². The highest BCUT2D eigenvalue weighted by Crippen LogP contribution is 2.23. The third-order valence-electron chi connectivity index (χ3n) is 2.18. The summed E-state index contributed by atoms with van der Waals surface area (Å²) in [6, 6.07) is 9.81. The molecule has 1 aromatic carbocycles. The zero-order valence-corrected chi connectivity index (χ0v) is 10.7. The van der Waals surface area contributed by atoms with Crippen LogP contribution in [0.2, 0.25) is 15.3 Å². The maximum absolute atomic E-state index is 12.1. The molecular weight excluding hydrogens is 280 g/mol. The second kappa shape index (κ2) is 5.05. The van der Waals surface area contributed by atoms with E-state index >= 15 is 0 Å². The van der Waals surface area contributed by atoms with Crippen molar-refractivity contribution in [2.75, 3.05) is 0 Å². The molecule has 0 aliphatic heterocycles. The van der Waals surface area contributed by atoms with Gasteiger partial charge in [-0.3, -0.25) is 4.79 Å². The van der Waals surface area contributed by atoms with Crippen molar-refractivity contribution in [3.63, 3.8) is 0 Å². The van der Waals surface area contributed by atoms with Crippen LogP contribution in [0.3, 0.4) is 0 Å². The van der Waals surface area contributed by atoms with Crippen molar-refractivity contribution in [1.82, 2.24) is 4.98 Å². The van der Waals surface area contributed by atoms with E-state index in [9.17, 15) is 4.79 Å². The zero-order valence-electron chi connectivity index (χ0n) is 8.45. The van der Waals surface area contributed by atoms with Crippen LogP contribution in [0.15, 0.2) is 36.4 Å². The molecule has 0 saturated carbocycles. The molecule has 86 valence electrons. The van der Waals surface area contributed by atoms with E-state index in [4.69, 9.17) is 34.8 Å². The first-order valence-corrected chi connectivity index (χ1v) is 5.84. The standard InChI is InChI=1S/C12H6Cl3NO/c13-9-4-2-1-3-7(9)11(17)8-5-6-10(14)16-12(8)15/h1-6H. The third-order valence-corrected chi connectivity index (χ3v) is 3.01. The monoisotopic (exact) mass is 285 g/mol. The Morgan fingerprint density at radius 2 is 1.65 bits per heavy atom. The first-order valence-electron chi connectivity index (χ1n) is 4.71. The number of nitrogens with zero attached hydrogens (tertiary/aromatic N) is 1. The summed E-state index contributed by atoms with van der Waals surface area (Å²) in [6.07, 6.45) is 0. The number of carbonyl (C=O) groups excluding carboxylic acids is 1. The highest BCUT2D eigenvalue weighted by Gasteiger charge is 2.16. The van der Waals surface area contributed by atoms with Crippen molar-refractivity contribution >= 4 is 40.6 Å². The second-order valence-corrected chi connectivity index (χ2v) is 4.43. The highest BCUT2D eigenvalue weighted by atomic mass is 35.5. The molecule has 0 unspecified atom stereocenters. The van der Waals surface area contributed by atoms with E-state index in [0.717, 1.165) is 0 Å². The fourth-order valence-corrected chi connectivity index (χ4v) is 2.02. The number of hydrogen-bond donors (Lipinski definition) is 0. The summed E-state index contributed by atoms with van der Waals surface area (Å²) in [6.45, 7) is 0. The van der Waals surface area contributed by atoms with Crippen molar-refractivity contribution in [2.24, 2.45) is 0 Å². The van der Waals surface area contributed by atoms with Crippen LogP contribution >= 0.6 is 34.8 Å². The van der Waals surface area contributed by atoms with Gasteiger partial charge in [-0.25, -0.2) is 4.98 Å². The quantitative estimate of drug-likeness (QED) is 0.609. The molecule has 0 N–H and O–H groups in total. The van der Waals surface area contributed by atoms with E-state index in [1.165, 1.54) is 12.1 Å². The lowest BCUT2D eigenvalue weighted by Gasteiger charge is -2.04. The van der Waals surface area contributed by atoms with Crippen LogP contribution in [0.1, 0.15) is 15.9 Å². The number of halogens is 3. The molecule has 2 nitrogen and oxygen atoms in total. The molecule has 2 aromatic rings. The van der Waals surface area contributed by atoms with Gasteiger partial charge in [-0.1, -0.05) is 46.9 Å². The summed E-state index contributed by atoms with van der Waals surface area (Å²) in [5.74, 6) is -0.273. The van der Waals surface area contributed by atoms with E-state index in [1.807, 2.05) is 0 Å². The average molecular weight is 287 g/mol. The molecule has 1 heterocycles. The Balaban J connectivity index is 2.48. The first kappa shape index (κ1) is 12.4. The lowest BCUT2D eigenvalue weighted by molar-refractivity contribution is 0.103. The molecule has 5 heteroatoms. The number of rotatable bonds is 2. The van der Waals surface area contributed by atoms with Crippen LogP contribution in [-0.4, -0.2) is 10.8 Å². The van der Waals surface area contributed by atoms with Gasteiger partial charge in [0, 0.05) is 5.56 Å². The minimum atomic E-state index is -0.273. The Morgan fingerprint density at radius 3 is 2.29 bits per heavy atom. The van der Waals surface area contributed by atoms with E-state index in [2.05, 4.69) is 4.98 Å². The first-order chi connectivity index (χ1) is 8.09. The zero-order chi connectivity index (χ0) is 12.4. The van der Waals surface area contributed by atoms with Crippen molar-refractivity contribution in [1.29, 1.82) is 0 Å². The maximum atomic E-state index is 12.1.